The van der Waals surface area contributed by atoms with E-state index in [1.165, 1.54) is 18.2 Å². The maximum atomic E-state index is 12.4. The predicted molar refractivity (Wildman–Crippen MR) is 71.0 cm³/mol. The Bertz CT molecular complexity index is 613. The number of sulfonamides is 1. The molecule has 0 saturated heterocycles. The summed E-state index contributed by atoms with van der Waals surface area (Å²) in [6, 6.07) is 3.69. The summed E-state index contributed by atoms with van der Waals surface area (Å²) in [5.41, 5.74) is 0. The number of hydrogen-bond donors (Lipinski definition) is 1. The molecule has 0 aromatic heterocycles. The van der Waals surface area contributed by atoms with E-state index in [-0.39, 0.29) is 21.0 Å². The third kappa shape index (κ3) is 3.20. The molecule has 104 valence electrons. The van der Waals surface area contributed by atoms with Crippen molar-refractivity contribution in [2.75, 3.05) is 6.54 Å². The SMILES string of the molecule is O=C(O)CN(C1CC1)S(=O)(=O)c1ccc(Cl)c(Cl)c1. The Morgan fingerprint density at radius 2 is 1.95 bits per heavy atom. The van der Waals surface area contributed by atoms with Gasteiger partial charge in [-0.1, -0.05) is 23.2 Å². The van der Waals surface area contributed by atoms with Gasteiger partial charge in [-0.2, -0.15) is 4.31 Å². The predicted octanol–water partition coefficient (Wildman–Crippen LogP) is 2.23. The average molecular weight is 324 g/mol. The summed E-state index contributed by atoms with van der Waals surface area (Å²) in [6.45, 7) is -0.548. The van der Waals surface area contributed by atoms with Crippen LogP contribution in [0.2, 0.25) is 10.0 Å². The first kappa shape index (κ1) is 14.6. The quantitative estimate of drug-likeness (QED) is 0.901. The smallest absolute Gasteiger partial charge is 0.318 e. The van der Waals surface area contributed by atoms with Crippen LogP contribution in [0.15, 0.2) is 23.1 Å². The van der Waals surface area contributed by atoms with Crippen molar-refractivity contribution in [3.63, 3.8) is 0 Å². The lowest BCUT2D eigenvalue weighted by Gasteiger charge is -2.20. The molecule has 5 nitrogen and oxygen atoms in total. The van der Waals surface area contributed by atoms with E-state index >= 15 is 0 Å². The highest BCUT2D eigenvalue weighted by Gasteiger charge is 2.39. The number of halogens is 2. The molecule has 0 amide bonds. The van der Waals surface area contributed by atoms with Crippen molar-refractivity contribution < 1.29 is 18.3 Å². The summed E-state index contributed by atoms with van der Waals surface area (Å²) in [4.78, 5) is 10.7. The van der Waals surface area contributed by atoms with Gasteiger partial charge in [-0.3, -0.25) is 4.79 Å². The molecule has 0 atom stereocenters. The first-order valence-corrected chi connectivity index (χ1v) is 7.70. The van der Waals surface area contributed by atoms with Crippen LogP contribution in [0.4, 0.5) is 0 Å². The van der Waals surface area contributed by atoms with Crippen molar-refractivity contribution in [2.24, 2.45) is 0 Å². The zero-order chi connectivity index (χ0) is 14.2. The lowest BCUT2D eigenvalue weighted by atomic mass is 10.4. The molecular formula is C11H11Cl2NO4S. The van der Waals surface area contributed by atoms with Crippen LogP contribution in [-0.2, 0) is 14.8 Å². The second kappa shape index (κ2) is 5.28. The van der Waals surface area contributed by atoms with Gasteiger partial charge in [0.15, 0.2) is 0 Å². The Hall–Kier alpha value is -0.820. The Labute approximate surface area is 120 Å². The Morgan fingerprint density at radius 1 is 1.32 bits per heavy atom. The van der Waals surface area contributed by atoms with E-state index in [4.69, 9.17) is 28.3 Å². The van der Waals surface area contributed by atoms with Crippen molar-refractivity contribution in [3.05, 3.63) is 28.2 Å². The molecule has 1 saturated carbocycles. The van der Waals surface area contributed by atoms with Crippen LogP contribution in [0, 0.1) is 0 Å². The minimum absolute atomic E-state index is 0.0462. The number of carboxylic acids is 1. The largest absolute Gasteiger partial charge is 0.480 e. The van der Waals surface area contributed by atoms with E-state index < -0.39 is 22.5 Å². The van der Waals surface area contributed by atoms with E-state index in [0.717, 1.165) is 4.31 Å². The van der Waals surface area contributed by atoms with E-state index in [1.807, 2.05) is 0 Å². The van der Waals surface area contributed by atoms with Crippen molar-refractivity contribution in [2.45, 2.75) is 23.8 Å². The maximum absolute atomic E-state index is 12.4. The van der Waals surface area contributed by atoms with Crippen LogP contribution in [0.25, 0.3) is 0 Å². The third-order valence-electron chi connectivity index (χ3n) is 2.74. The fourth-order valence-electron chi connectivity index (χ4n) is 1.68. The summed E-state index contributed by atoms with van der Waals surface area (Å²) in [5, 5.41) is 9.18. The first-order valence-electron chi connectivity index (χ1n) is 5.51. The van der Waals surface area contributed by atoms with Crippen LogP contribution in [0.3, 0.4) is 0 Å². The first-order chi connectivity index (χ1) is 8.82. The molecule has 0 unspecified atom stereocenters. The lowest BCUT2D eigenvalue weighted by Crippen LogP contribution is -2.37. The van der Waals surface area contributed by atoms with Crippen molar-refractivity contribution >= 4 is 39.2 Å². The number of hydrogen-bond acceptors (Lipinski definition) is 3. The number of aliphatic carboxylic acids is 1. The van der Waals surface area contributed by atoms with Crippen molar-refractivity contribution in [1.29, 1.82) is 0 Å². The zero-order valence-corrected chi connectivity index (χ0v) is 12.0. The van der Waals surface area contributed by atoms with E-state index in [9.17, 15) is 13.2 Å². The fraction of sp³-hybridized carbons (Fsp3) is 0.364. The summed E-state index contributed by atoms with van der Waals surface area (Å²) in [5.74, 6) is -1.18. The van der Waals surface area contributed by atoms with Gasteiger partial charge in [0.2, 0.25) is 10.0 Å². The van der Waals surface area contributed by atoms with Gasteiger partial charge in [0.25, 0.3) is 0 Å². The molecular weight excluding hydrogens is 313 g/mol. The van der Waals surface area contributed by atoms with Crippen LogP contribution in [0.1, 0.15) is 12.8 Å². The van der Waals surface area contributed by atoms with Crippen LogP contribution in [-0.4, -0.2) is 36.4 Å². The summed E-state index contributed by atoms with van der Waals surface area (Å²) < 4.78 is 25.7. The Balaban J connectivity index is 2.38. The monoisotopic (exact) mass is 323 g/mol. The highest BCUT2D eigenvalue weighted by atomic mass is 35.5. The van der Waals surface area contributed by atoms with E-state index in [0.29, 0.717) is 12.8 Å². The molecule has 0 spiro atoms. The molecule has 1 aliphatic carbocycles. The average Bonchev–Trinajstić information content (AvgIpc) is 3.13. The molecule has 0 radical (unpaired) electrons. The maximum Gasteiger partial charge on any atom is 0.318 e. The fourth-order valence-corrected chi connectivity index (χ4v) is 3.70. The van der Waals surface area contributed by atoms with Crippen molar-refractivity contribution in [3.8, 4) is 0 Å². The standard InChI is InChI=1S/C11H11Cl2NO4S/c12-9-4-3-8(5-10(9)13)19(17,18)14(6-11(15)16)7-1-2-7/h3-5,7H,1-2,6H2,(H,15,16). The molecule has 1 fully saturated rings. The van der Waals surface area contributed by atoms with Crippen LogP contribution >= 0.6 is 23.2 Å². The molecule has 19 heavy (non-hydrogen) atoms. The zero-order valence-electron chi connectivity index (χ0n) is 9.71. The Morgan fingerprint density at radius 3 is 2.42 bits per heavy atom. The molecule has 1 aromatic carbocycles. The Kier molecular flexibility index (Phi) is 4.06. The van der Waals surface area contributed by atoms with Crippen LogP contribution < -0.4 is 0 Å². The van der Waals surface area contributed by atoms with Gasteiger partial charge in [-0.05, 0) is 31.0 Å². The topological polar surface area (TPSA) is 74.7 Å². The molecule has 1 aliphatic rings. The molecule has 1 aromatic rings. The highest BCUT2D eigenvalue weighted by molar-refractivity contribution is 7.89. The minimum Gasteiger partial charge on any atom is -0.480 e. The van der Waals surface area contributed by atoms with Gasteiger partial charge < -0.3 is 5.11 Å². The summed E-state index contributed by atoms with van der Waals surface area (Å²) >= 11 is 11.5. The normalized spacial score (nSPS) is 15.7. The number of nitrogens with zero attached hydrogens (tertiary/aromatic N) is 1. The van der Waals surface area contributed by atoms with Gasteiger partial charge in [0.1, 0.15) is 6.54 Å². The molecule has 0 heterocycles. The van der Waals surface area contributed by atoms with Gasteiger partial charge >= 0.3 is 5.97 Å². The molecule has 0 bridgehead atoms. The lowest BCUT2D eigenvalue weighted by molar-refractivity contribution is -0.137. The van der Waals surface area contributed by atoms with E-state index in [2.05, 4.69) is 0 Å². The van der Waals surface area contributed by atoms with Gasteiger partial charge in [0.05, 0.1) is 14.9 Å². The number of carbonyl (C=O) groups is 1. The van der Waals surface area contributed by atoms with Crippen LogP contribution in [0.5, 0.6) is 0 Å². The van der Waals surface area contributed by atoms with E-state index in [1.54, 1.807) is 0 Å². The highest BCUT2D eigenvalue weighted by Crippen LogP contribution is 2.33. The third-order valence-corrected chi connectivity index (χ3v) is 5.38. The van der Waals surface area contributed by atoms with Gasteiger partial charge in [-0.25, -0.2) is 8.42 Å². The molecule has 0 aliphatic heterocycles. The number of benzene rings is 1. The second-order valence-corrected chi connectivity index (χ2v) is 6.96. The molecule has 2 rings (SSSR count). The molecule has 1 N–H and O–H groups in total. The summed E-state index contributed by atoms with van der Waals surface area (Å²) in [7, 11) is -3.86. The molecule has 8 heteroatoms. The van der Waals surface area contributed by atoms with Gasteiger partial charge in [-0.15, -0.1) is 0 Å². The minimum atomic E-state index is -3.86. The number of rotatable bonds is 5. The number of carboxylic acid groups (broad SMARTS) is 1. The second-order valence-electron chi connectivity index (χ2n) is 4.25. The van der Waals surface area contributed by atoms with Gasteiger partial charge in [0, 0.05) is 6.04 Å². The van der Waals surface area contributed by atoms with Crippen molar-refractivity contribution in [1.82, 2.24) is 4.31 Å². The summed E-state index contributed by atoms with van der Waals surface area (Å²) in [6.07, 6.45) is 1.35.